The number of hydrogen-bond donors (Lipinski definition) is 1. The minimum absolute atomic E-state index is 0.0861. The van der Waals surface area contributed by atoms with Crippen molar-refractivity contribution in [2.75, 3.05) is 17.1 Å². The molecule has 0 saturated heterocycles. The van der Waals surface area contributed by atoms with Gasteiger partial charge in [0.1, 0.15) is 12.6 Å². The van der Waals surface area contributed by atoms with Crippen molar-refractivity contribution in [2.24, 2.45) is 0 Å². The molecule has 2 amide bonds. The number of amides is 2. The second-order valence-corrected chi connectivity index (χ2v) is 11.2. The molecule has 0 fully saturated rings. The van der Waals surface area contributed by atoms with Crippen LogP contribution in [0.1, 0.15) is 38.3 Å². The van der Waals surface area contributed by atoms with E-state index in [1.807, 2.05) is 52.0 Å². The predicted octanol–water partition coefficient (Wildman–Crippen LogP) is 3.86. The molecule has 0 heterocycles. The summed E-state index contributed by atoms with van der Waals surface area (Å²) in [6.07, 6.45) is 1.46. The summed E-state index contributed by atoms with van der Waals surface area (Å²) < 4.78 is 26.9. The lowest BCUT2D eigenvalue weighted by Crippen LogP contribution is -2.53. The Morgan fingerprint density at radius 3 is 2.24 bits per heavy atom. The molecule has 9 heteroatoms. The maximum atomic E-state index is 13.5. The van der Waals surface area contributed by atoms with Gasteiger partial charge in [0.25, 0.3) is 0 Å². The number of halogens is 1. The van der Waals surface area contributed by atoms with Crippen LogP contribution in [0.3, 0.4) is 0 Å². The van der Waals surface area contributed by atoms with Gasteiger partial charge in [0.15, 0.2) is 0 Å². The summed E-state index contributed by atoms with van der Waals surface area (Å²) in [5.41, 5.74) is 2.31. The van der Waals surface area contributed by atoms with Gasteiger partial charge < -0.3 is 10.2 Å². The molecule has 0 aliphatic carbocycles. The summed E-state index contributed by atoms with van der Waals surface area (Å²) in [5.74, 6) is -0.715. The smallest absolute Gasteiger partial charge is 0.244 e. The molecule has 180 valence electrons. The van der Waals surface area contributed by atoms with Crippen LogP contribution in [0.25, 0.3) is 0 Å². The number of nitrogens with one attached hydrogen (secondary N) is 1. The SMILES string of the molecule is CC[C@H](C(=O)NC(C)C)N(Cc1ccc(C)cc1)C(=O)CN(c1cccc(Br)c1)S(C)(=O)=O. The average Bonchev–Trinajstić information content (AvgIpc) is 2.71. The molecule has 0 aromatic heterocycles. The summed E-state index contributed by atoms with van der Waals surface area (Å²) >= 11 is 3.35. The van der Waals surface area contributed by atoms with E-state index < -0.39 is 28.5 Å². The van der Waals surface area contributed by atoms with E-state index in [4.69, 9.17) is 0 Å². The Hall–Kier alpha value is -2.39. The fourth-order valence-electron chi connectivity index (χ4n) is 3.44. The molecule has 1 atom stereocenters. The number of carbonyl (C=O) groups excluding carboxylic acids is 2. The van der Waals surface area contributed by atoms with E-state index in [9.17, 15) is 18.0 Å². The molecule has 7 nitrogen and oxygen atoms in total. The van der Waals surface area contributed by atoms with Crippen LogP contribution in [0, 0.1) is 6.92 Å². The van der Waals surface area contributed by atoms with Crippen LogP contribution in [0.2, 0.25) is 0 Å². The number of nitrogens with zero attached hydrogens (tertiary/aromatic N) is 2. The fourth-order valence-corrected chi connectivity index (χ4v) is 4.66. The van der Waals surface area contributed by atoms with Gasteiger partial charge in [-0.05, 0) is 51.0 Å². The molecular formula is C24H32BrN3O4S. The minimum atomic E-state index is -3.75. The number of hydrogen-bond acceptors (Lipinski definition) is 4. The molecule has 1 N–H and O–H groups in total. The van der Waals surface area contributed by atoms with Gasteiger partial charge in [-0.3, -0.25) is 13.9 Å². The van der Waals surface area contributed by atoms with Crippen LogP contribution in [0.15, 0.2) is 53.0 Å². The van der Waals surface area contributed by atoms with Crippen LogP contribution in [-0.4, -0.2) is 50.0 Å². The highest BCUT2D eigenvalue weighted by molar-refractivity contribution is 9.10. The second kappa shape index (κ2) is 11.7. The minimum Gasteiger partial charge on any atom is -0.352 e. The van der Waals surface area contributed by atoms with Crippen molar-refractivity contribution in [3.63, 3.8) is 0 Å². The third-order valence-electron chi connectivity index (χ3n) is 5.07. The summed E-state index contributed by atoms with van der Waals surface area (Å²) in [4.78, 5) is 27.9. The number of carbonyl (C=O) groups is 2. The molecular weight excluding hydrogens is 506 g/mol. The fraction of sp³-hybridized carbons (Fsp3) is 0.417. The van der Waals surface area contributed by atoms with E-state index in [1.54, 1.807) is 24.3 Å². The lowest BCUT2D eigenvalue weighted by atomic mass is 10.1. The molecule has 2 rings (SSSR count). The van der Waals surface area contributed by atoms with Crippen LogP contribution in [0.4, 0.5) is 5.69 Å². The van der Waals surface area contributed by atoms with Crippen LogP contribution in [-0.2, 0) is 26.2 Å². The van der Waals surface area contributed by atoms with Crippen molar-refractivity contribution in [3.05, 3.63) is 64.1 Å². The first-order valence-corrected chi connectivity index (χ1v) is 13.4. The number of benzene rings is 2. The zero-order chi connectivity index (χ0) is 24.8. The molecule has 0 bridgehead atoms. The third kappa shape index (κ3) is 7.85. The van der Waals surface area contributed by atoms with Gasteiger partial charge in [-0.15, -0.1) is 0 Å². The average molecular weight is 539 g/mol. The Balaban J connectivity index is 2.43. The van der Waals surface area contributed by atoms with Crippen molar-refractivity contribution >= 4 is 43.5 Å². The first-order valence-electron chi connectivity index (χ1n) is 10.8. The number of aryl methyl sites for hydroxylation is 1. The van der Waals surface area contributed by atoms with Crippen molar-refractivity contribution in [3.8, 4) is 0 Å². The highest BCUT2D eigenvalue weighted by Crippen LogP contribution is 2.23. The summed E-state index contributed by atoms with van der Waals surface area (Å²) in [6, 6.07) is 13.6. The maximum Gasteiger partial charge on any atom is 0.244 e. The number of sulfonamides is 1. The molecule has 0 radical (unpaired) electrons. The van der Waals surface area contributed by atoms with E-state index in [2.05, 4.69) is 21.2 Å². The van der Waals surface area contributed by atoms with Gasteiger partial charge in [-0.2, -0.15) is 0 Å². The Bertz CT molecular complexity index is 1070. The van der Waals surface area contributed by atoms with Gasteiger partial charge in [0, 0.05) is 17.1 Å². The molecule has 0 aliphatic heterocycles. The predicted molar refractivity (Wildman–Crippen MR) is 135 cm³/mol. The standard InChI is InChI=1S/C24H32BrN3O4S/c1-6-22(24(30)26-17(2)3)27(15-19-12-10-18(4)11-13-19)23(29)16-28(33(5,31)32)21-9-7-8-20(25)14-21/h7-14,17,22H,6,15-16H2,1-5H3,(H,26,30)/t22-/m1/s1. The first-order chi connectivity index (χ1) is 15.4. The van der Waals surface area contributed by atoms with Crippen molar-refractivity contribution < 1.29 is 18.0 Å². The van der Waals surface area contributed by atoms with Crippen molar-refractivity contribution in [2.45, 2.75) is 52.7 Å². The Kier molecular flexibility index (Phi) is 9.48. The maximum absolute atomic E-state index is 13.5. The molecule has 0 spiro atoms. The molecule has 0 saturated carbocycles. The summed E-state index contributed by atoms with van der Waals surface area (Å²) in [7, 11) is -3.75. The lowest BCUT2D eigenvalue weighted by Gasteiger charge is -2.33. The summed E-state index contributed by atoms with van der Waals surface area (Å²) in [5, 5.41) is 2.88. The molecule has 33 heavy (non-hydrogen) atoms. The zero-order valence-electron chi connectivity index (χ0n) is 19.7. The normalized spacial score (nSPS) is 12.3. The highest BCUT2D eigenvalue weighted by Gasteiger charge is 2.32. The van der Waals surface area contributed by atoms with Crippen LogP contribution >= 0.6 is 15.9 Å². The van der Waals surface area contributed by atoms with Gasteiger partial charge in [0.2, 0.25) is 21.8 Å². The molecule has 0 aliphatic rings. The molecule has 2 aromatic rings. The quantitative estimate of drug-likeness (QED) is 0.498. The molecule has 0 unspecified atom stereocenters. The van der Waals surface area contributed by atoms with Crippen molar-refractivity contribution in [1.82, 2.24) is 10.2 Å². The summed E-state index contributed by atoms with van der Waals surface area (Å²) in [6.45, 7) is 7.30. The Morgan fingerprint density at radius 1 is 1.09 bits per heavy atom. The van der Waals surface area contributed by atoms with E-state index in [0.29, 0.717) is 16.6 Å². The van der Waals surface area contributed by atoms with Gasteiger partial charge in [-0.25, -0.2) is 8.42 Å². The number of rotatable bonds is 10. The van der Waals surface area contributed by atoms with Gasteiger partial charge in [0.05, 0.1) is 11.9 Å². The number of anilines is 1. The first kappa shape index (κ1) is 26.9. The zero-order valence-corrected chi connectivity index (χ0v) is 22.1. The molecule has 2 aromatic carbocycles. The van der Waals surface area contributed by atoms with E-state index in [0.717, 1.165) is 21.7 Å². The van der Waals surface area contributed by atoms with E-state index in [1.165, 1.54) is 4.90 Å². The van der Waals surface area contributed by atoms with Crippen LogP contribution < -0.4 is 9.62 Å². The Labute approximate surface area is 205 Å². The van der Waals surface area contributed by atoms with Crippen LogP contribution in [0.5, 0.6) is 0 Å². The van der Waals surface area contributed by atoms with E-state index in [-0.39, 0.29) is 18.5 Å². The highest BCUT2D eigenvalue weighted by atomic mass is 79.9. The monoisotopic (exact) mass is 537 g/mol. The second-order valence-electron chi connectivity index (χ2n) is 8.34. The van der Waals surface area contributed by atoms with Gasteiger partial charge >= 0.3 is 0 Å². The Morgan fingerprint density at radius 2 is 1.73 bits per heavy atom. The van der Waals surface area contributed by atoms with Gasteiger partial charge in [-0.1, -0.05) is 58.7 Å². The largest absolute Gasteiger partial charge is 0.352 e. The third-order valence-corrected chi connectivity index (χ3v) is 6.70. The van der Waals surface area contributed by atoms with E-state index >= 15 is 0 Å². The lowest BCUT2D eigenvalue weighted by molar-refractivity contribution is -0.140. The topological polar surface area (TPSA) is 86.8 Å². The van der Waals surface area contributed by atoms with Crippen molar-refractivity contribution in [1.29, 1.82) is 0 Å².